The van der Waals surface area contributed by atoms with Gasteiger partial charge in [-0.3, -0.25) is 0 Å². The third-order valence-corrected chi connectivity index (χ3v) is 4.01. The first-order chi connectivity index (χ1) is 11.2. The van der Waals surface area contributed by atoms with Crippen molar-refractivity contribution < 1.29 is 14.6 Å². The minimum Gasteiger partial charge on any atom is -0.496 e. The van der Waals surface area contributed by atoms with Gasteiger partial charge < -0.3 is 15.2 Å². The number of ether oxygens (including phenoxy) is 1. The summed E-state index contributed by atoms with van der Waals surface area (Å²) in [6.45, 7) is 0. The fraction of sp³-hybridized carbons (Fsp3) is 0.0588. The molecule has 0 bridgehead atoms. The highest BCUT2D eigenvalue weighted by Crippen LogP contribution is 2.32. The Labute approximate surface area is 137 Å². The quantitative estimate of drug-likeness (QED) is 0.733. The third kappa shape index (κ3) is 3.32. The van der Waals surface area contributed by atoms with Crippen LogP contribution in [0.5, 0.6) is 5.75 Å². The largest absolute Gasteiger partial charge is 0.496 e. The van der Waals surface area contributed by atoms with Gasteiger partial charge in [-0.1, -0.05) is 18.2 Å². The van der Waals surface area contributed by atoms with Crippen LogP contribution in [0.15, 0.2) is 53.9 Å². The Morgan fingerprint density at radius 3 is 2.83 bits per heavy atom. The van der Waals surface area contributed by atoms with Crippen LogP contribution in [0.3, 0.4) is 0 Å². The number of benzene rings is 2. The Morgan fingerprint density at radius 2 is 2.04 bits per heavy atom. The summed E-state index contributed by atoms with van der Waals surface area (Å²) < 4.78 is 5.35. The minimum atomic E-state index is -0.956. The number of anilines is 2. The molecule has 2 aromatic carbocycles. The van der Waals surface area contributed by atoms with Crippen LogP contribution in [0.25, 0.3) is 11.3 Å². The van der Waals surface area contributed by atoms with Crippen molar-refractivity contribution >= 4 is 28.1 Å². The molecule has 0 saturated heterocycles. The highest BCUT2D eigenvalue weighted by atomic mass is 32.1. The second-order valence-electron chi connectivity index (χ2n) is 4.75. The Balaban J connectivity index is 1.85. The lowest BCUT2D eigenvalue weighted by Gasteiger charge is -2.05. The van der Waals surface area contributed by atoms with Gasteiger partial charge in [0.1, 0.15) is 5.75 Å². The summed E-state index contributed by atoms with van der Waals surface area (Å²) in [6.07, 6.45) is 0. The van der Waals surface area contributed by atoms with Crippen LogP contribution in [0.4, 0.5) is 10.8 Å². The first-order valence-corrected chi connectivity index (χ1v) is 7.74. The van der Waals surface area contributed by atoms with Gasteiger partial charge in [0.05, 0.1) is 18.4 Å². The fourth-order valence-electron chi connectivity index (χ4n) is 2.16. The summed E-state index contributed by atoms with van der Waals surface area (Å²) in [4.78, 5) is 15.5. The molecule has 0 aliphatic heterocycles. The van der Waals surface area contributed by atoms with Gasteiger partial charge in [0.25, 0.3) is 0 Å². The molecule has 1 heterocycles. The zero-order valence-electron chi connectivity index (χ0n) is 12.3. The average molecular weight is 326 g/mol. The van der Waals surface area contributed by atoms with Gasteiger partial charge in [-0.25, -0.2) is 9.78 Å². The summed E-state index contributed by atoms with van der Waals surface area (Å²) in [7, 11) is 1.63. The topological polar surface area (TPSA) is 71.5 Å². The number of carboxylic acid groups (broad SMARTS) is 1. The number of aromatic nitrogens is 1. The standard InChI is InChI=1S/C17H14N2O3S/c1-22-15-8-3-2-7-13(15)14-10-23-17(19-14)18-12-6-4-5-11(9-12)16(20)21/h2-10H,1H3,(H,18,19)(H,20,21). The number of hydrogen-bond acceptors (Lipinski definition) is 5. The molecule has 0 radical (unpaired) electrons. The van der Waals surface area contributed by atoms with Crippen LogP contribution in [0.2, 0.25) is 0 Å². The van der Waals surface area contributed by atoms with Crippen molar-refractivity contribution in [2.75, 3.05) is 12.4 Å². The number of nitrogens with zero attached hydrogens (tertiary/aromatic N) is 1. The second kappa shape index (κ2) is 6.50. The molecule has 0 atom stereocenters. The molecule has 2 N–H and O–H groups in total. The number of rotatable bonds is 5. The monoisotopic (exact) mass is 326 g/mol. The predicted molar refractivity (Wildman–Crippen MR) is 90.8 cm³/mol. The van der Waals surface area contributed by atoms with E-state index in [4.69, 9.17) is 9.84 Å². The van der Waals surface area contributed by atoms with Crippen molar-refractivity contribution in [3.63, 3.8) is 0 Å². The highest BCUT2D eigenvalue weighted by molar-refractivity contribution is 7.14. The van der Waals surface area contributed by atoms with Crippen molar-refractivity contribution in [1.29, 1.82) is 0 Å². The SMILES string of the molecule is COc1ccccc1-c1csc(Nc2cccc(C(=O)O)c2)n1. The van der Waals surface area contributed by atoms with E-state index in [0.717, 1.165) is 17.0 Å². The van der Waals surface area contributed by atoms with Crippen LogP contribution in [-0.2, 0) is 0 Å². The van der Waals surface area contributed by atoms with E-state index >= 15 is 0 Å². The van der Waals surface area contributed by atoms with Gasteiger partial charge in [0, 0.05) is 16.6 Å². The molecule has 5 nitrogen and oxygen atoms in total. The van der Waals surface area contributed by atoms with Crippen LogP contribution in [0.1, 0.15) is 10.4 Å². The number of carboxylic acids is 1. The zero-order valence-corrected chi connectivity index (χ0v) is 13.1. The minimum absolute atomic E-state index is 0.233. The highest BCUT2D eigenvalue weighted by Gasteiger charge is 2.10. The van der Waals surface area contributed by atoms with E-state index in [9.17, 15) is 4.79 Å². The third-order valence-electron chi connectivity index (χ3n) is 3.25. The Hall–Kier alpha value is -2.86. The summed E-state index contributed by atoms with van der Waals surface area (Å²) in [5.41, 5.74) is 2.64. The van der Waals surface area contributed by atoms with Crippen molar-refractivity contribution in [3.8, 4) is 17.0 Å². The maximum absolute atomic E-state index is 11.0. The maximum Gasteiger partial charge on any atom is 0.335 e. The molecule has 1 aromatic heterocycles. The predicted octanol–water partition coefficient (Wildman–Crippen LogP) is 4.26. The van der Waals surface area contributed by atoms with Gasteiger partial charge in [-0.15, -0.1) is 11.3 Å². The number of nitrogens with one attached hydrogen (secondary N) is 1. The summed E-state index contributed by atoms with van der Waals surface area (Å²) in [6, 6.07) is 14.3. The normalized spacial score (nSPS) is 10.3. The van der Waals surface area contributed by atoms with Gasteiger partial charge in [0.15, 0.2) is 5.13 Å². The number of carbonyl (C=O) groups is 1. The summed E-state index contributed by atoms with van der Waals surface area (Å²) in [5.74, 6) is -0.195. The first kappa shape index (κ1) is 15.1. The van der Waals surface area contributed by atoms with Crippen LogP contribution in [-0.4, -0.2) is 23.2 Å². The molecule has 6 heteroatoms. The van der Waals surface area contributed by atoms with Crippen LogP contribution < -0.4 is 10.1 Å². The Kier molecular flexibility index (Phi) is 4.25. The Morgan fingerprint density at radius 1 is 1.22 bits per heavy atom. The molecular weight excluding hydrogens is 312 g/mol. The van der Waals surface area contributed by atoms with Crippen molar-refractivity contribution in [2.45, 2.75) is 0 Å². The number of para-hydroxylation sites is 1. The maximum atomic E-state index is 11.0. The molecule has 0 spiro atoms. The molecule has 3 aromatic rings. The fourth-order valence-corrected chi connectivity index (χ4v) is 2.90. The molecule has 0 fully saturated rings. The number of methoxy groups -OCH3 is 1. The molecule has 3 rings (SSSR count). The zero-order chi connectivity index (χ0) is 16.2. The molecule has 0 saturated carbocycles. The number of thiazole rings is 1. The van der Waals surface area contributed by atoms with E-state index in [2.05, 4.69) is 10.3 Å². The molecule has 0 unspecified atom stereocenters. The van der Waals surface area contributed by atoms with Gasteiger partial charge >= 0.3 is 5.97 Å². The molecular formula is C17H14N2O3S. The lowest BCUT2D eigenvalue weighted by molar-refractivity contribution is 0.0697. The van der Waals surface area contributed by atoms with E-state index in [-0.39, 0.29) is 5.56 Å². The van der Waals surface area contributed by atoms with Crippen LogP contribution in [0, 0.1) is 0 Å². The molecule has 116 valence electrons. The molecule has 0 amide bonds. The van der Waals surface area contributed by atoms with Crippen molar-refractivity contribution in [2.24, 2.45) is 0 Å². The van der Waals surface area contributed by atoms with E-state index in [1.165, 1.54) is 11.3 Å². The van der Waals surface area contributed by atoms with E-state index < -0.39 is 5.97 Å². The molecule has 0 aliphatic rings. The molecule has 23 heavy (non-hydrogen) atoms. The second-order valence-corrected chi connectivity index (χ2v) is 5.61. The van der Waals surface area contributed by atoms with Crippen LogP contribution >= 0.6 is 11.3 Å². The van der Waals surface area contributed by atoms with Gasteiger partial charge in [0.2, 0.25) is 0 Å². The van der Waals surface area contributed by atoms with E-state index in [1.54, 1.807) is 31.4 Å². The lowest BCUT2D eigenvalue weighted by Crippen LogP contribution is -1.97. The average Bonchev–Trinajstić information content (AvgIpc) is 3.03. The molecule has 0 aliphatic carbocycles. The number of hydrogen-bond donors (Lipinski definition) is 2. The first-order valence-electron chi connectivity index (χ1n) is 6.86. The van der Waals surface area contributed by atoms with Gasteiger partial charge in [-0.2, -0.15) is 0 Å². The van der Waals surface area contributed by atoms with Gasteiger partial charge in [-0.05, 0) is 30.3 Å². The Bertz CT molecular complexity index is 845. The number of aromatic carboxylic acids is 1. The summed E-state index contributed by atoms with van der Waals surface area (Å²) >= 11 is 1.45. The van der Waals surface area contributed by atoms with E-state index in [1.807, 2.05) is 29.6 Å². The van der Waals surface area contributed by atoms with Crippen molar-refractivity contribution in [3.05, 3.63) is 59.5 Å². The lowest BCUT2D eigenvalue weighted by atomic mass is 10.1. The summed E-state index contributed by atoms with van der Waals surface area (Å²) in [5, 5.41) is 14.8. The van der Waals surface area contributed by atoms with E-state index in [0.29, 0.717) is 10.8 Å². The smallest absolute Gasteiger partial charge is 0.335 e. The van der Waals surface area contributed by atoms with Crippen molar-refractivity contribution in [1.82, 2.24) is 4.98 Å².